The molecule has 0 unspecified atom stereocenters. The van der Waals surface area contributed by atoms with E-state index in [0.29, 0.717) is 0 Å². The summed E-state index contributed by atoms with van der Waals surface area (Å²) in [5.41, 5.74) is -1.62. The van der Waals surface area contributed by atoms with E-state index in [2.05, 4.69) is 4.98 Å². The van der Waals surface area contributed by atoms with E-state index in [0.717, 1.165) is 6.20 Å². The van der Waals surface area contributed by atoms with E-state index in [1.54, 1.807) is 6.07 Å². The van der Waals surface area contributed by atoms with Crippen LogP contribution in [0.15, 0.2) is 6.20 Å². The highest BCUT2D eigenvalue weighted by molar-refractivity contribution is 6.33. The molecule has 5 nitrogen and oxygen atoms in total. The fourth-order valence-electron chi connectivity index (χ4n) is 1.09. The summed E-state index contributed by atoms with van der Waals surface area (Å²) in [4.78, 5) is 13.0. The van der Waals surface area contributed by atoms with E-state index < -0.39 is 27.8 Å². The lowest BCUT2D eigenvalue weighted by Gasteiger charge is -2.05. The van der Waals surface area contributed by atoms with Gasteiger partial charge in [-0.15, -0.1) is 0 Å². The maximum atomic E-state index is 12.4. The Morgan fingerprint density at radius 2 is 2.31 bits per heavy atom. The third-order valence-electron chi connectivity index (χ3n) is 1.76. The van der Waals surface area contributed by atoms with Crippen molar-refractivity contribution in [1.29, 1.82) is 5.26 Å². The third-order valence-corrected chi connectivity index (χ3v) is 2.13. The monoisotopic (exact) mass is 247 g/mol. The molecular formula is C8H4ClF2N3O2. The molecule has 1 aromatic rings. The van der Waals surface area contributed by atoms with Gasteiger partial charge < -0.3 is 0 Å². The van der Waals surface area contributed by atoms with Gasteiger partial charge in [0.25, 0.3) is 12.1 Å². The summed E-state index contributed by atoms with van der Waals surface area (Å²) < 4.78 is 24.7. The minimum absolute atomic E-state index is 0.0816. The Hall–Kier alpha value is -1.81. The SMILES string of the molecule is N#CCc1cnc(C(F)F)c(Cl)c1[N+](=O)[O-]. The number of nitrogens with zero attached hydrogens (tertiary/aromatic N) is 3. The van der Waals surface area contributed by atoms with Crippen molar-refractivity contribution in [2.24, 2.45) is 0 Å². The Labute approximate surface area is 93.4 Å². The van der Waals surface area contributed by atoms with E-state index in [9.17, 15) is 18.9 Å². The molecule has 0 radical (unpaired) electrons. The summed E-state index contributed by atoms with van der Waals surface area (Å²) in [5, 5.41) is 18.3. The van der Waals surface area contributed by atoms with Crippen molar-refractivity contribution in [3.8, 4) is 6.07 Å². The van der Waals surface area contributed by atoms with Crippen LogP contribution < -0.4 is 0 Å². The van der Waals surface area contributed by atoms with Crippen LogP contribution in [-0.2, 0) is 6.42 Å². The second kappa shape index (κ2) is 4.81. The number of aromatic nitrogens is 1. The van der Waals surface area contributed by atoms with Crippen LogP contribution in [0.3, 0.4) is 0 Å². The highest BCUT2D eigenvalue weighted by atomic mass is 35.5. The molecule has 8 heteroatoms. The molecule has 0 aromatic carbocycles. The number of nitriles is 1. The Bertz CT molecular complexity index is 473. The normalized spacial score (nSPS) is 10.2. The Kier molecular flexibility index (Phi) is 3.68. The second-order valence-corrected chi connectivity index (χ2v) is 3.10. The van der Waals surface area contributed by atoms with Crippen LogP contribution in [0.5, 0.6) is 0 Å². The summed E-state index contributed by atoms with van der Waals surface area (Å²) in [6.45, 7) is 0. The smallest absolute Gasteiger partial charge is 0.258 e. The van der Waals surface area contributed by atoms with Crippen LogP contribution in [-0.4, -0.2) is 9.91 Å². The van der Waals surface area contributed by atoms with E-state index in [1.165, 1.54) is 0 Å². The molecule has 0 aliphatic heterocycles. The summed E-state index contributed by atoms with van der Waals surface area (Å²) >= 11 is 5.45. The molecule has 0 aliphatic rings. The van der Waals surface area contributed by atoms with Gasteiger partial charge in [-0.1, -0.05) is 11.6 Å². The Morgan fingerprint density at radius 3 is 2.75 bits per heavy atom. The molecule has 84 valence electrons. The van der Waals surface area contributed by atoms with E-state index in [4.69, 9.17) is 16.9 Å². The van der Waals surface area contributed by atoms with E-state index in [-0.39, 0.29) is 12.0 Å². The molecule has 0 amide bonds. The van der Waals surface area contributed by atoms with Crippen molar-refractivity contribution in [3.63, 3.8) is 0 Å². The van der Waals surface area contributed by atoms with Crippen molar-refractivity contribution in [3.05, 3.63) is 32.6 Å². The minimum Gasteiger partial charge on any atom is -0.258 e. The number of rotatable bonds is 3. The summed E-state index contributed by atoms with van der Waals surface area (Å²) in [5.74, 6) is 0. The fourth-order valence-corrected chi connectivity index (χ4v) is 1.41. The number of hydrogen-bond acceptors (Lipinski definition) is 4. The molecule has 0 spiro atoms. The first-order valence-corrected chi connectivity index (χ1v) is 4.33. The van der Waals surface area contributed by atoms with Gasteiger partial charge in [0.05, 0.1) is 23.0 Å². The molecule has 1 heterocycles. The Balaban J connectivity index is 3.43. The first kappa shape index (κ1) is 12.3. The summed E-state index contributed by atoms with van der Waals surface area (Å²) in [6.07, 6.45) is -2.44. The van der Waals surface area contributed by atoms with Crippen LogP contribution in [0, 0.1) is 21.4 Å². The molecule has 0 saturated carbocycles. The van der Waals surface area contributed by atoms with Gasteiger partial charge in [0, 0.05) is 6.20 Å². The molecular weight excluding hydrogens is 244 g/mol. The fraction of sp³-hybridized carbons (Fsp3) is 0.250. The van der Waals surface area contributed by atoms with E-state index >= 15 is 0 Å². The van der Waals surface area contributed by atoms with Gasteiger partial charge in [0.15, 0.2) is 0 Å². The highest BCUT2D eigenvalue weighted by Gasteiger charge is 2.26. The van der Waals surface area contributed by atoms with Crippen LogP contribution in [0.2, 0.25) is 5.02 Å². The zero-order chi connectivity index (χ0) is 12.3. The second-order valence-electron chi connectivity index (χ2n) is 2.72. The van der Waals surface area contributed by atoms with Gasteiger partial charge in [0.2, 0.25) is 0 Å². The number of hydrogen-bond donors (Lipinski definition) is 0. The van der Waals surface area contributed by atoms with Crippen molar-refractivity contribution in [2.45, 2.75) is 12.8 Å². The van der Waals surface area contributed by atoms with Crippen molar-refractivity contribution < 1.29 is 13.7 Å². The third kappa shape index (κ3) is 2.23. The van der Waals surface area contributed by atoms with E-state index in [1.807, 2.05) is 0 Å². The lowest BCUT2D eigenvalue weighted by atomic mass is 10.1. The molecule has 0 aliphatic carbocycles. The van der Waals surface area contributed by atoms with Crippen LogP contribution in [0.25, 0.3) is 0 Å². The van der Waals surface area contributed by atoms with Crippen molar-refractivity contribution >= 4 is 17.3 Å². The largest absolute Gasteiger partial charge is 0.295 e. The maximum absolute atomic E-state index is 12.4. The van der Waals surface area contributed by atoms with Crippen molar-refractivity contribution in [1.82, 2.24) is 4.98 Å². The van der Waals surface area contributed by atoms with Crippen LogP contribution in [0.1, 0.15) is 17.7 Å². The predicted molar refractivity (Wildman–Crippen MR) is 50.2 cm³/mol. The molecule has 0 N–H and O–H groups in total. The number of pyridine rings is 1. The van der Waals surface area contributed by atoms with Gasteiger partial charge >= 0.3 is 0 Å². The number of halogens is 3. The molecule has 0 saturated heterocycles. The van der Waals surface area contributed by atoms with Gasteiger partial charge in [-0.2, -0.15) is 5.26 Å². The lowest BCUT2D eigenvalue weighted by molar-refractivity contribution is -0.385. The first-order chi connectivity index (χ1) is 7.49. The Morgan fingerprint density at radius 1 is 1.69 bits per heavy atom. The zero-order valence-corrected chi connectivity index (χ0v) is 8.41. The van der Waals surface area contributed by atoms with Gasteiger partial charge in [0.1, 0.15) is 10.7 Å². The molecule has 0 fully saturated rings. The quantitative estimate of drug-likeness (QED) is 0.607. The first-order valence-electron chi connectivity index (χ1n) is 3.95. The average Bonchev–Trinajstić information content (AvgIpc) is 2.17. The molecule has 1 rings (SSSR count). The number of alkyl halides is 2. The maximum Gasteiger partial charge on any atom is 0.295 e. The van der Waals surface area contributed by atoms with Crippen LogP contribution in [0.4, 0.5) is 14.5 Å². The summed E-state index contributed by atoms with van der Waals surface area (Å²) in [6, 6.07) is 1.66. The molecule has 1 aromatic heterocycles. The predicted octanol–water partition coefficient (Wildman–Crippen LogP) is 2.65. The van der Waals surface area contributed by atoms with Gasteiger partial charge in [-0.05, 0) is 0 Å². The standard InChI is InChI=1S/C8H4ClF2N3O2/c9-5-6(8(10)11)13-3-4(1-2-12)7(5)14(15)16/h3,8H,1H2. The zero-order valence-electron chi connectivity index (χ0n) is 7.65. The minimum atomic E-state index is -3.00. The molecule has 0 atom stereocenters. The molecule has 16 heavy (non-hydrogen) atoms. The lowest BCUT2D eigenvalue weighted by Crippen LogP contribution is -2.02. The molecule has 0 bridgehead atoms. The summed E-state index contributed by atoms with van der Waals surface area (Å²) in [7, 11) is 0. The topological polar surface area (TPSA) is 79.8 Å². The van der Waals surface area contributed by atoms with Crippen molar-refractivity contribution in [2.75, 3.05) is 0 Å². The average molecular weight is 248 g/mol. The van der Waals surface area contributed by atoms with Gasteiger partial charge in [-0.3, -0.25) is 15.1 Å². The van der Waals surface area contributed by atoms with Crippen LogP contribution >= 0.6 is 11.6 Å². The highest BCUT2D eigenvalue weighted by Crippen LogP contribution is 2.35. The number of nitro groups is 1. The van der Waals surface area contributed by atoms with Gasteiger partial charge in [-0.25, -0.2) is 8.78 Å².